The summed E-state index contributed by atoms with van der Waals surface area (Å²) in [5.41, 5.74) is 1.20. The van der Waals surface area contributed by atoms with Crippen molar-refractivity contribution in [1.82, 2.24) is 24.5 Å². The Morgan fingerprint density at radius 2 is 1.82 bits per heavy atom. The maximum Gasteiger partial charge on any atom is 0.240 e. The second-order valence-corrected chi connectivity index (χ2v) is 8.51. The Hall–Kier alpha value is -3.77. The van der Waals surface area contributed by atoms with Gasteiger partial charge in [-0.25, -0.2) is 17.5 Å². The van der Waals surface area contributed by atoms with Crippen LogP contribution < -0.4 is 18.9 Å². The fourth-order valence-electron chi connectivity index (χ4n) is 3.05. The zero-order valence-electron chi connectivity index (χ0n) is 17.7. The molecule has 0 fully saturated rings. The van der Waals surface area contributed by atoms with Crippen molar-refractivity contribution in [2.24, 2.45) is 0 Å². The molecule has 4 aromatic rings. The van der Waals surface area contributed by atoms with Gasteiger partial charge in [0.25, 0.3) is 0 Å². The Bertz CT molecular complexity index is 1390. The number of halogens is 1. The topological polar surface area (TPSA) is 117 Å². The van der Waals surface area contributed by atoms with E-state index in [1.54, 1.807) is 37.4 Å². The van der Waals surface area contributed by atoms with Gasteiger partial charge < -0.3 is 14.2 Å². The Balaban J connectivity index is 1.47. The highest BCUT2D eigenvalue weighted by Crippen LogP contribution is 2.31. The Morgan fingerprint density at radius 3 is 2.58 bits per heavy atom. The van der Waals surface area contributed by atoms with Gasteiger partial charge in [0.2, 0.25) is 15.9 Å². The lowest BCUT2D eigenvalue weighted by Crippen LogP contribution is -2.28. The highest BCUT2D eigenvalue weighted by Gasteiger charge is 2.15. The van der Waals surface area contributed by atoms with Crippen molar-refractivity contribution in [3.63, 3.8) is 0 Å². The molecule has 1 N–H and O–H groups in total. The first-order valence-corrected chi connectivity index (χ1v) is 11.2. The van der Waals surface area contributed by atoms with Gasteiger partial charge in [-0.3, -0.25) is 0 Å². The maximum absolute atomic E-state index is 13.3. The number of fused-ring (bicyclic) bond motifs is 1. The molecule has 0 amide bonds. The summed E-state index contributed by atoms with van der Waals surface area (Å²) < 4.78 is 57.8. The van der Waals surface area contributed by atoms with Gasteiger partial charge in [0.15, 0.2) is 23.0 Å². The monoisotopic (exact) mass is 473 g/mol. The number of ether oxygens (including phenoxy) is 3. The van der Waals surface area contributed by atoms with E-state index in [-0.39, 0.29) is 23.9 Å². The van der Waals surface area contributed by atoms with E-state index in [0.29, 0.717) is 28.5 Å². The molecule has 2 heterocycles. The molecule has 0 spiro atoms. The standard InChI is InChI=1S/C21H20FN5O5S/c1-30-17-7-6-14(12-18(17)31-2)21-25-24-19-8-9-20(26-27(19)21)32-11-10-23-33(28,29)16-5-3-4-15(22)13-16/h3-9,12-13,23H,10-11H2,1-2H3. The first kappa shape index (κ1) is 22.4. The molecule has 4 rings (SSSR count). The molecule has 0 aliphatic rings. The van der Waals surface area contributed by atoms with E-state index in [1.807, 2.05) is 0 Å². The normalized spacial score (nSPS) is 11.5. The van der Waals surface area contributed by atoms with E-state index in [9.17, 15) is 12.8 Å². The molecule has 0 bridgehead atoms. The molecule has 172 valence electrons. The van der Waals surface area contributed by atoms with Crippen molar-refractivity contribution in [1.29, 1.82) is 0 Å². The molecule has 12 heteroatoms. The largest absolute Gasteiger partial charge is 0.493 e. The van der Waals surface area contributed by atoms with Crippen LogP contribution in [0.1, 0.15) is 0 Å². The van der Waals surface area contributed by atoms with Crippen LogP contribution in [0.25, 0.3) is 17.0 Å². The van der Waals surface area contributed by atoms with E-state index in [0.717, 1.165) is 6.07 Å². The van der Waals surface area contributed by atoms with Gasteiger partial charge in [-0.15, -0.1) is 15.3 Å². The van der Waals surface area contributed by atoms with Gasteiger partial charge in [-0.2, -0.15) is 4.52 Å². The molecule has 10 nitrogen and oxygen atoms in total. The quantitative estimate of drug-likeness (QED) is 0.368. The van der Waals surface area contributed by atoms with E-state index in [2.05, 4.69) is 20.0 Å². The number of sulfonamides is 1. The zero-order chi connectivity index (χ0) is 23.4. The number of rotatable bonds is 9. The maximum atomic E-state index is 13.3. The molecular weight excluding hydrogens is 453 g/mol. The second kappa shape index (κ2) is 9.38. The summed E-state index contributed by atoms with van der Waals surface area (Å²) in [5, 5.41) is 12.7. The predicted octanol–water partition coefficient (Wildman–Crippen LogP) is 2.30. The van der Waals surface area contributed by atoms with Crippen LogP contribution in [-0.4, -0.2) is 55.6 Å². The van der Waals surface area contributed by atoms with Crippen LogP contribution in [0.5, 0.6) is 17.4 Å². The number of hydrogen-bond acceptors (Lipinski definition) is 8. The van der Waals surface area contributed by atoms with E-state index in [1.165, 1.54) is 29.8 Å². The van der Waals surface area contributed by atoms with Crippen LogP contribution in [0.15, 0.2) is 59.5 Å². The van der Waals surface area contributed by atoms with Crippen molar-refractivity contribution >= 4 is 15.7 Å². The van der Waals surface area contributed by atoms with Crippen LogP contribution in [0.2, 0.25) is 0 Å². The van der Waals surface area contributed by atoms with Crippen molar-refractivity contribution < 1.29 is 27.0 Å². The average Bonchev–Trinajstić information content (AvgIpc) is 3.24. The number of benzene rings is 2. The van der Waals surface area contributed by atoms with Crippen molar-refractivity contribution in [2.45, 2.75) is 4.90 Å². The third-order valence-electron chi connectivity index (χ3n) is 4.63. The lowest BCUT2D eigenvalue weighted by atomic mass is 10.2. The molecule has 2 aromatic heterocycles. The number of hydrogen-bond donors (Lipinski definition) is 1. The van der Waals surface area contributed by atoms with Gasteiger partial charge in [-0.1, -0.05) is 6.07 Å². The first-order chi connectivity index (χ1) is 15.9. The van der Waals surface area contributed by atoms with Gasteiger partial charge in [0.1, 0.15) is 12.4 Å². The zero-order valence-corrected chi connectivity index (χ0v) is 18.5. The Labute approximate surface area is 189 Å². The summed E-state index contributed by atoms with van der Waals surface area (Å²) in [7, 11) is -0.769. The molecule has 0 saturated heterocycles. The minimum Gasteiger partial charge on any atom is -0.493 e. The van der Waals surface area contributed by atoms with Crippen LogP contribution in [0, 0.1) is 5.82 Å². The summed E-state index contributed by atoms with van der Waals surface area (Å²) in [6.07, 6.45) is 0. The number of aromatic nitrogens is 4. The second-order valence-electron chi connectivity index (χ2n) is 6.74. The summed E-state index contributed by atoms with van der Waals surface area (Å²) in [4.78, 5) is -0.161. The third kappa shape index (κ3) is 4.86. The van der Waals surface area contributed by atoms with Crippen molar-refractivity contribution in [2.75, 3.05) is 27.4 Å². The Morgan fingerprint density at radius 1 is 1.00 bits per heavy atom. The SMILES string of the molecule is COc1ccc(-c2nnc3ccc(OCCNS(=O)(=O)c4cccc(F)c4)nn23)cc1OC. The molecule has 0 unspecified atom stereocenters. The molecule has 0 saturated carbocycles. The Kier molecular flexibility index (Phi) is 6.38. The van der Waals surface area contributed by atoms with Gasteiger partial charge in [-0.05, 0) is 42.5 Å². The number of methoxy groups -OCH3 is 2. The molecule has 0 aliphatic carbocycles. The average molecular weight is 473 g/mol. The number of nitrogens with zero attached hydrogens (tertiary/aromatic N) is 4. The number of nitrogens with one attached hydrogen (secondary N) is 1. The lowest BCUT2D eigenvalue weighted by molar-refractivity contribution is 0.306. The lowest BCUT2D eigenvalue weighted by Gasteiger charge is -2.09. The summed E-state index contributed by atoms with van der Waals surface area (Å²) in [5.74, 6) is 1.18. The van der Waals surface area contributed by atoms with Crippen LogP contribution in [-0.2, 0) is 10.0 Å². The highest BCUT2D eigenvalue weighted by molar-refractivity contribution is 7.89. The third-order valence-corrected chi connectivity index (χ3v) is 6.09. The van der Waals surface area contributed by atoms with E-state index < -0.39 is 15.8 Å². The van der Waals surface area contributed by atoms with Crippen molar-refractivity contribution in [3.8, 4) is 28.8 Å². The fraction of sp³-hybridized carbons (Fsp3) is 0.190. The summed E-state index contributed by atoms with van der Waals surface area (Å²) in [6, 6.07) is 13.3. The summed E-state index contributed by atoms with van der Waals surface area (Å²) in [6.45, 7) is -0.0376. The predicted molar refractivity (Wildman–Crippen MR) is 116 cm³/mol. The van der Waals surface area contributed by atoms with Crippen molar-refractivity contribution in [3.05, 3.63) is 60.4 Å². The van der Waals surface area contributed by atoms with Gasteiger partial charge in [0.05, 0.1) is 19.1 Å². The molecule has 33 heavy (non-hydrogen) atoms. The smallest absolute Gasteiger partial charge is 0.240 e. The highest BCUT2D eigenvalue weighted by atomic mass is 32.2. The van der Waals surface area contributed by atoms with Gasteiger partial charge in [0, 0.05) is 18.2 Å². The molecule has 0 atom stereocenters. The fourth-order valence-corrected chi connectivity index (χ4v) is 4.10. The summed E-state index contributed by atoms with van der Waals surface area (Å²) >= 11 is 0. The van der Waals surface area contributed by atoms with Gasteiger partial charge >= 0.3 is 0 Å². The molecule has 0 aliphatic heterocycles. The minimum atomic E-state index is -3.86. The van der Waals surface area contributed by atoms with Crippen LogP contribution in [0.3, 0.4) is 0 Å². The van der Waals surface area contributed by atoms with E-state index >= 15 is 0 Å². The van der Waals surface area contributed by atoms with E-state index in [4.69, 9.17) is 14.2 Å². The molecule has 2 aromatic carbocycles. The van der Waals surface area contributed by atoms with Crippen LogP contribution >= 0.6 is 0 Å². The molecular formula is C21H20FN5O5S. The first-order valence-electron chi connectivity index (χ1n) is 9.74. The van der Waals surface area contributed by atoms with Crippen LogP contribution in [0.4, 0.5) is 4.39 Å². The minimum absolute atomic E-state index is 0.000863. The molecule has 0 radical (unpaired) electrons.